The number of imidazole rings is 1. The fourth-order valence-electron chi connectivity index (χ4n) is 3.75. The molecule has 27 heavy (non-hydrogen) atoms. The van der Waals surface area contributed by atoms with Crippen LogP contribution >= 0.6 is 11.6 Å². The Hall–Kier alpha value is -2.11. The molecule has 6 heteroatoms. The predicted octanol–water partition coefficient (Wildman–Crippen LogP) is 4.43. The number of carbonyl (C=O) groups excluding carboxylic acids is 1. The van der Waals surface area contributed by atoms with Gasteiger partial charge in [-0.3, -0.25) is 4.79 Å². The van der Waals surface area contributed by atoms with Gasteiger partial charge in [-0.15, -0.1) is 0 Å². The SMILES string of the molecule is O=C(NCCC1=CCCCC1)c1ncn2c1CO[C@H](c1ccc(Cl)cc1)C2. The van der Waals surface area contributed by atoms with Gasteiger partial charge in [-0.1, -0.05) is 35.4 Å². The van der Waals surface area contributed by atoms with Gasteiger partial charge in [0.1, 0.15) is 6.10 Å². The lowest BCUT2D eigenvalue weighted by Gasteiger charge is -2.25. The fraction of sp³-hybridized carbons (Fsp3) is 0.429. The number of aromatic nitrogens is 2. The Balaban J connectivity index is 1.36. The number of halogens is 1. The van der Waals surface area contributed by atoms with E-state index in [4.69, 9.17) is 16.3 Å². The first-order valence-corrected chi connectivity index (χ1v) is 9.95. The molecule has 2 aliphatic rings. The van der Waals surface area contributed by atoms with Crippen LogP contribution in [0.3, 0.4) is 0 Å². The van der Waals surface area contributed by atoms with Gasteiger partial charge >= 0.3 is 0 Å². The Morgan fingerprint density at radius 1 is 1.30 bits per heavy atom. The number of benzene rings is 1. The summed E-state index contributed by atoms with van der Waals surface area (Å²) in [5.74, 6) is -0.117. The molecule has 2 aromatic rings. The first-order chi connectivity index (χ1) is 13.2. The maximum atomic E-state index is 12.5. The molecule has 0 saturated heterocycles. The van der Waals surface area contributed by atoms with Crippen molar-refractivity contribution in [2.45, 2.75) is 51.4 Å². The molecule has 1 aliphatic carbocycles. The van der Waals surface area contributed by atoms with E-state index in [0.29, 0.717) is 30.4 Å². The molecule has 0 fully saturated rings. The van der Waals surface area contributed by atoms with Gasteiger partial charge < -0.3 is 14.6 Å². The van der Waals surface area contributed by atoms with E-state index in [0.717, 1.165) is 24.1 Å². The summed E-state index contributed by atoms with van der Waals surface area (Å²) in [6.45, 7) is 1.68. The minimum atomic E-state index is -0.117. The number of carbonyl (C=O) groups is 1. The molecule has 2 heterocycles. The number of nitrogens with one attached hydrogen (secondary N) is 1. The Bertz CT molecular complexity index is 842. The third-order valence-electron chi connectivity index (χ3n) is 5.30. The van der Waals surface area contributed by atoms with Crippen LogP contribution in [0.5, 0.6) is 0 Å². The number of ether oxygens (including phenoxy) is 1. The van der Waals surface area contributed by atoms with Gasteiger partial charge in [0.25, 0.3) is 5.91 Å². The number of amides is 1. The lowest BCUT2D eigenvalue weighted by molar-refractivity contribution is 0.00258. The predicted molar refractivity (Wildman–Crippen MR) is 105 cm³/mol. The maximum absolute atomic E-state index is 12.5. The molecule has 0 bridgehead atoms. The average molecular weight is 386 g/mol. The van der Waals surface area contributed by atoms with Crippen molar-refractivity contribution in [2.24, 2.45) is 0 Å². The van der Waals surface area contributed by atoms with Crippen LogP contribution < -0.4 is 5.32 Å². The van der Waals surface area contributed by atoms with Crippen molar-refractivity contribution in [1.29, 1.82) is 0 Å². The maximum Gasteiger partial charge on any atom is 0.271 e. The second-order valence-corrected chi connectivity index (χ2v) is 7.59. The van der Waals surface area contributed by atoms with Crippen LogP contribution in [-0.4, -0.2) is 22.0 Å². The topological polar surface area (TPSA) is 56.2 Å². The average Bonchev–Trinajstić information content (AvgIpc) is 3.12. The van der Waals surface area contributed by atoms with E-state index in [2.05, 4.69) is 16.4 Å². The first kappa shape index (κ1) is 18.3. The van der Waals surface area contributed by atoms with Crippen LogP contribution in [0.15, 0.2) is 42.2 Å². The molecule has 0 spiro atoms. The molecular formula is C21H24ClN3O2. The van der Waals surface area contributed by atoms with E-state index < -0.39 is 0 Å². The van der Waals surface area contributed by atoms with Crippen molar-refractivity contribution >= 4 is 17.5 Å². The summed E-state index contributed by atoms with van der Waals surface area (Å²) in [6.07, 6.45) is 9.81. The summed E-state index contributed by atoms with van der Waals surface area (Å²) in [5, 5.41) is 3.71. The van der Waals surface area contributed by atoms with Gasteiger partial charge in [0.15, 0.2) is 5.69 Å². The molecule has 5 nitrogen and oxygen atoms in total. The molecule has 1 aromatic heterocycles. The smallest absolute Gasteiger partial charge is 0.271 e. The minimum Gasteiger partial charge on any atom is -0.365 e. The van der Waals surface area contributed by atoms with Crippen molar-refractivity contribution in [3.05, 3.63) is 64.2 Å². The van der Waals surface area contributed by atoms with Crippen molar-refractivity contribution < 1.29 is 9.53 Å². The summed E-state index contributed by atoms with van der Waals surface area (Å²) in [4.78, 5) is 16.9. The van der Waals surface area contributed by atoms with Crippen molar-refractivity contribution in [1.82, 2.24) is 14.9 Å². The van der Waals surface area contributed by atoms with Crippen molar-refractivity contribution in [2.75, 3.05) is 6.54 Å². The standard InChI is InChI=1S/C21H24ClN3O2/c22-17-8-6-16(7-9-17)19-12-25-14-24-20(18(25)13-27-19)21(26)23-11-10-15-4-2-1-3-5-15/h4,6-9,14,19H,1-3,5,10-13H2,(H,23,26)/t19-/m0/s1. The largest absolute Gasteiger partial charge is 0.365 e. The van der Waals surface area contributed by atoms with Crippen LogP contribution in [0, 0.1) is 0 Å². The molecule has 1 aliphatic heterocycles. The summed E-state index contributed by atoms with van der Waals surface area (Å²) in [5.41, 5.74) is 3.85. The molecule has 0 unspecified atom stereocenters. The highest BCUT2D eigenvalue weighted by Crippen LogP contribution is 2.28. The zero-order valence-corrected chi connectivity index (χ0v) is 16.0. The molecule has 1 atom stereocenters. The van der Waals surface area contributed by atoms with E-state index in [9.17, 15) is 4.79 Å². The molecular weight excluding hydrogens is 362 g/mol. The van der Waals surface area contributed by atoms with Gasteiger partial charge in [0, 0.05) is 11.6 Å². The van der Waals surface area contributed by atoms with Crippen LogP contribution in [0.25, 0.3) is 0 Å². The molecule has 142 valence electrons. The lowest BCUT2D eigenvalue weighted by Crippen LogP contribution is -2.28. The molecule has 0 radical (unpaired) electrons. The third kappa shape index (κ3) is 4.25. The molecule has 4 rings (SSSR count). The zero-order valence-electron chi connectivity index (χ0n) is 15.3. The van der Waals surface area contributed by atoms with Gasteiger partial charge in [-0.05, 0) is 49.8 Å². The molecule has 0 saturated carbocycles. The summed E-state index contributed by atoms with van der Waals surface area (Å²) in [6, 6.07) is 7.68. The molecule has 1 N–H and O–H groups in total. The normalized spacial score (nSPS) is 19.3. The van der Waals surface area contributed by atoms with E-state index in [1.807, 2.05) is 28.8 Å². The Kier molecular flexibility index (Phi) is 5.60. The quantitative estimate of drug-likeness (QED) is 0.774. The minimum absolute atomic E-state index is 0.0573. The second-order valence-electron chi connectivity index (χ2n) is 7.16. The second kappa shape index (κ2) is 8.28. The van der Waals surface area contributed by atoms with Gasteiger partial charge in [0.2, 0.25) is 0 Å². The van der Waals surface area contributed by atoms with Gasteiger partial charge in [0.05, 0.1) is 25.2 Å². The molecule has 1 aromatic carbocycles. The highest BCUT2D eigenvalue weighted by molar-refractivity contribution is 6.30. The first-order valence-electron chi connectivity index (χ1n) is 9.58. The Morgan fingerprint density at radius 3 is 2.93 bits per heavy atom. The number of hydrogen-bond acceptors (Lipinski definition) is 3. The Labute approximate surface area is 164 Å². The van der Waals surface area contributed by atoms with E-state index in [1.165, 1.54) is 24.8 Å². The lowest BCUT2D eigenvalue weighted by atomic mass is 9.97. The Morgan fingerprint density at radius 2 is 2.15 bits per heavy atom. The van der Waals surface area contributed by atoms with Gasteiger partial charge in [-0.2, -0.15) is 0 Å². The summed E-state index contributed by atoms with van der Waals surface area (Å²) >= 11 is 5.96. The van der Waals surface area contributed by atoms with Gasteiger partial charge in [-0.25, -0.2) is 4.98 Å². The highest BCUT2D eigenvalue weighted by atomic mass is 35.5. The van der Waals surface area contributed by atoms with E-state index in [-0.39, 0.29) is 12.0 Å². The van der Waals surface area contributed by atoms with Crippen LogP contribution in [-0.2, 0) is 17.9 Å². The summed E-state index contributed by atoms with van der Waals surface area (Å²) < 4.78 is 8.00. The number of fused-ring (bicyclic) bond motifs is 1. The van der Waals surface area contributed by atoms with Crippen molar-refractivity contribution in [3.8, 4) is 0 Å². The van der Waals surface area contributed by atoms with Crippen LogP contribution in [0.4, 0.5) is 0 Å². The fourth-order valence-corrected chi connectivity index (χ4v) is 3.87. The summed E-state index contributed by atoms with van der Waals surface area (Å²) in [7, 11) is 0. The van der Waals surface area contributed by atoms with E-state index in [1.54, 1.807) is 6.33 Å². The van der Waals surface area contributed by atoms with E-state index >= 15 is 0 Å². The monoisotopic (exact) mass is 385 g/mol. The number of hydrogen-bond donors (Lipinski definition) is 1. The van der Waals surface area contributed by atoms with Crippen LogP contribution in [0.2, 0.25) is 5.02 Å². The number of nitrogens with zero attached hydrogens (tertiary/aromatic N) is 2. The zero-order chi connectivity index (χ0) is 18.6. The number of rotatable bonds is 5. The third-order valence-corrected chi connectivity index (χ3v) is 5.56. The highest BCUT2D eigenvalue weighted by Gasteiger charge is 2.26. The number of allylic oxidation sites excluding steroid dienone is 1. The van der Waals surface area contributed by atoms with Crippen LogP contribution in [0.1, 0.15) is 60.0 Å². The molecule has 1 amide bonds. The van der Waals surface area contributed by atoms with Crippen molar-refractivity contribution in [3.63, 3.8) is 0 Å².